The van der Waals surface area contributed by atoms with Crippen molar-refractivity contribution in [3.63, 3.8) is 0 Å². The second kappa shape index (κ2) is 8.31. The summed E-state index contributed by atoms with van der Waals surface area (Å²) in [5.74, 6) is -0.306. The van der Waals surface area contributed by atoms with Crippen molar-refractivity contribution >= 4 is 40.4 Å². The molecule has 0 saturated carbocycles. The molecule has 2 aromatic heterocycles. The van der Waals surface area contributed by atoms with Crippen molar-refractivity contribution in [3.8, 4) is 33.0 Å². The van der Waals surface area contributed by atoms with Crippen LogP contribution in [0.4, 0.5) is 0 Å². The van der Waals surface area contributed by atoms with Gasteiger partial charge in [-0.1, -0.05) is 54.6 Å². The predicted octanol–water partition coefficient (Wildman–Crippen LogP) is 6.71. The zero-order valence-corrected chi connectivity index (χ0v) is 17.8. The van der Waals surface area contributed by atoms with E-state index in [0.717, 1.165) is 26.0 Å². The monoisotopic (exact) mass is 423 g/mol. The molecule has 0 aliphatic carbocycles. The van der Waals surface area contributed by atoms with Crippen LogP contribution in [0.25, 0.3) is 33.0 Å². The number of hydrogen-bond acceptors (Lipinski definition) is 6. The molecule has 0 radical (unpaired) electrons. The van der Waals surface area contributed by atoms with E-state index in [2.05, 4.69) is 41.8 Å². The fourth-order valence-corrected chi connectivity index (χ4v) is 5.64. The topological polar surface area (TPSA) is 39.2 Å². The lowest BCUT2D eigenvalue weighted by atomic mass is 10.0. The number of thioether (sulfide) groups is 1. The van der Waals surface area contributed by atoms with Crippen LogP contribution in [-0.2, 0) is 4.74 Å². The highest BCUT2D eigenvalue weighted by molar-refractivity contribution is 8.00. The van der Waals surface area contributed by atoms with Crippen molar-refractivity contribution in [2.24, 2.45) is 0 Å². The van der Waals surface area contributed by atoms with Gasteiger partial charge in [-0.05, 0) is 23.4 Å². The summed E-state index contributed by atoms with van der Waals surface area (Å²) in [5.41, 5.74) is 5.40. The summed E-state index contributed by atoms with van der Waals surface area (Å²) in [7, 11) is 1.40. The Hall–Kier alpha value is -2.41. The number of rotatable bonds is 5. The second-order valence-corrected chi connectivity index (χ2v) is 8.97. The molecule has 2 aromatic carbocycles. The van der Waals surface area contributed by atoms with Gasteiger partial charge in [0.1, 0.15) is 9.88 Å². The van der Waals surface area contributed by atoms with Crippen molar-refractivity contribution in [1.82, 2.24) is 4.98 Å². The number of esters is 1. The molecule has 140 valence electrons. The van der Waals surface area contributed by atoms with Gasteiger partial charge >= 0.3 is 5.97 Å². The molecule has 3 nitrogen and oxygen atoms in total. The van der Waals surface area contributed by atoms with Crippen LogP contribution in [0.3, 0.4) is 0 Å². The molecule has 2 heterocycles. The molecule has 0 bridgehead atoms. The van der Waals surface area contributed by atoms with Crippen LogP contribution >= 0.6 is 34.4 Å². The minimum atomic E-state index is -0.306. The van der Waals surface area contributed by atoms with E-state index in [1.807, 2.05) is 30.5 Å². The number of thiophene rings is 1. The number of carbonyl (C=O) groups is 1. The highest BCUT2D eigenvalue weighted by Crippen LogP contribution is 2.40. The largest absolute Gasteiger partial charge is 0.465 e. The van der Waals surface area contributed by atoms with Crippen molar-refractivity contribution in [2.45, 2.75) is 4.21 Å². The van der Waals surface area contributed by atoms with E-state index in [4.69, 9.17) is 9.72 Å². The highest BCUT2D eigenvalue weighted by atomic mass is 32.2. The molecule has 0 spiro atoms. The molecule has 0 fully saturated rings. The molecule has 0 atom stereocenters. The third-order valence-electron chi connectivity index (χ3n) is 4.29. The maximum absolute atomic E-state index is 11.9. The Morgan fingerprint density at radius 1 is 1.00 bits per heavy atom. The lowest BCUT2D eigenvalue weighted by Crippen LogP contribution is -1.96. The number of thiazole rings is 1. The standard InChI is InChI=1S/C22H17NO2S3/c1-25-21(24)19-12-17(22(26-2)28-19)20-23-18(13-27-20)16-10-8-15(9-11-16)14-6-4-3-5-7-14/h3-13H,1-2H3. The first-order valence-electron chi connectivity index (χ1n) is 8.57. The molecule has 4 rings (SSSR count). The molecular weight excluding hydrogens is 406 g/mol. The molecule has 0 saturated heterocycles. The fourth-order valence-electron chi connectivity index (χ4n) is 2.87. The SMILES string of the molecule is COC(=O)c1cc(-c2nc(-c3ccc(-c4ccccc4)cc3)cs2)c(SC)s1. The lowest BCUT2D eigenvalue weighted by molar-refractivity contribution is 0.0606. The average molecular weight is 424 g/mol. The first-order chi connectivity index (χ1) is 13.7. The van der Waals surface area contributed by atoms with Crippen molar-refractivity contribution in [3.05, 3.63) is 70.9 Å². The lowest BCUT2D eigenvalue weighted by Gasteiger charge is -2.03. The number of benzene rings is 2. The van der Waals surface area contributed by atoms with Gasteiger partial charge in [-0.3, -0.25) is 0 Å². The van der Waals surface area contributed by atoms with Gasteiger partial charge in [-0.25, -0.2) is 9.78 Å². The smallest absolute Gasteiger partial charge is 0.348 e. The quantitative estimate of drug-likeness (QED) is 0.264. The molecule has 0 aliphatic rings. The van der Waals surface area contributed by atoms with Gasteiger partial charge in [-0.15, -0.1) is 34.4 Å². The molecule has 4 aromatic rings. The van der Waals surface area contributed by atoms with Crippen LogP contribution in [0.2, 0.25) is 0 Å². The molecular formula is C22H17NO2S3. The van der Waals surface area contributed by atoms with Gasteiger partial charge in [0, 0.05) is 16.5 Å². The first kappa shape index (κ1) is 18.9. The number of methoxy groups -OCH3 is 1. The molecule has 0 N–H and O–H groups in total. The van der Waals surface area contributed by atoms with E-state index in [9.17, 15) is 4.79 Å². The summed E-state index contributed by atoms with van der Waals surface area (Å²) in [6.45, 7) is 0. The van der Waals surface area contributed by atoms with E-state index in [-0.39, 0.29) is 5.97 Å². The normalized spacial score (nSPS) is 10.8. The van der Waals surface area contributed by atoms with Crippen LogP contribution in [-0.4, -0.2) is 24.3 Å². The van der Waals surface area contributed by atoms with Gasteiger partial charge in [0.25, 0.3) is 0 Å². The Morgan fingerprint density at radius 3 is 2.36 bits per heavy atom. The van der Waals surface area contributed by atoms with E-state index in [0.29, 0.717) is 4.88 Å². The van der Waals surface area contributed by atoms with Gasteiger partial charge < -0.3 is 4.74 Å². The van der Waals surface area contributed by atoms with Gasteiger partial charge in [-0.2, -0.15) is 0 Å². The Balaban J connectivity index is 1.63. The van der Waals surface area contributed by atoms with E-state index in [1.165, 1.54) is 29.6 Å². The molecule has 0 amide bonds. The molecule has 0 aliphatic heterocycles. The zero-order valence-electron chi connectivity index (χ0n) is 15.3. The maximum Gasteiger partial charge on any atom is 0.348 e. The minimum Gasteiger partial charge on any atom is -0.465 e. The van der Waals surface area contributed by atoms with Crippen LogP contribution in [0.15, 0.2) is 70.3 Å². The summed E-state index contributed by atoms with van der Waals surface area (Å²) >= 11 is 4.66. The van der Waals surface area contributed by atoms with E-state index in [1.54, 1.807) is 23.1 Å². The summed E-state index contributed by atoms with van der Waals surface area (Å²) < 4.78 is 5.92. The summed E-state index contributed by atoms with van der Waals surface area (Å²) in [4.78, 5) is 17.3. The third kappa shape index (κ3) is 3.76. The van der Waals surface area contributed by atoms with Crippen molar-refractivity contribution in [1.29, 1.82) is 0 Å². The van der Waals surface area contributed by atoms with Crippen molar-refractivity contribution < 1.29 is 9.53 Å². The Bertz CT molecular complexity index is 1100. The van der Waals surface area contributed by atoms with Crippen LogP contribution in [0, 0.1) is 0 Å². The molecule has 0 unspecified atom stereocenters. The Kier molecular flexibility index (Phi) is 5.62. The second-order valence-electron chi connectivity index (χ2n) is 5.99. The Labute approximate surface area is 176 Å². The molecule has 6 heteroatoms. The van der Waals surface area contributed by atoms with Crippen LogP contribution in [0.1, 0.15) is 9.67 Å². The van der Waals surface area contributed by atoms with Gasteiger partial charge in [0.15, 0.2) is 0 Å². The number of ether oxygens (including phenoxy) is 1. The summed E-state index contributed by atoms with van der Waals surface area (Å²) in [5, 5.41) is 2.98. The van der Waals surface area contributed by atoms with Crippen molar-refractivity contribution in [2.75, 3.05) is 13.4 Å². The van der Waals surface area contributed by atoms with Gasteiger partial charge in [0.2, 0.25) is 0 Å². The van der Waals surface area contributed by atoms with Crippen LogP contribution in [0.5, 0.6) is 0 Å². The maximum atomic E-state index is 11.9. The predicted molar refractivity (Wildman–Crippen MR) is 119 cm³/mol. The van der Waals surface area contributed by atoms with E-state index >= 15 is 0 Å². The molecule has 28 heavy (non-hydrogen) atoms. The number of carbonyl (C=O) groups excluding carboxylic acids is 1. The Morgan fingerprint density at radius 2 is 1.68 bits per heavy atom. The number of aromatic nitrogens is 1. The third-order valence-corrected chi connectivity index (χ3v) is 7.42. The zero-order chi connectivity index (χ0) is 19.5. The number of nitrogens with zero attached hydrogens (tertiary/aromatic N) is 1. The minimum absolute atomic E-state index is 0.306. The fraction of sp³-hybridized carbons (Fsp3) is 0.0909. The summed E-state index contributed by atoms with van der Waals surface area (Å²) in [6, 6.07) is 20.6. The summed E-state index contributed by atoms with van der Waals surface area (Å²) in [6.07, 6.45) is 2.01. The number of hydrogen-bond donors (Lipinski definition) is 0. The highest BCUT2D eigenvalue weighted by Gasteiger charge is 2.18. The van der Waals surface area contributed by atoms with Gasteiger partial charge in [0.05, 0.1) is 17.0 Å². The first-order valence-corrected chi connectivity index (χ1v) is 11.5. The van der Waals surface area contributed by atoms with E-state index < -0.39 is 0 Å². The van der Waals surface area contributed by atoms with Crippen LogP contribution < -0.4 is 0 Å². The average Bonchev–Trinajstić information content (AvgIpc) is 3.41.